The highest BCUT2D eigenvalue weighted by atomic mass is 16.6. The van der Waals surface area contributed by atoms with Crippen LogP contribution in [0.5, 0.6) is 0 Å². The minimum absolute atomic E-state index is 0.0118. The molecule has 0 aromatic heterocycles. The Hall–Kier alpha value is -4.46. The first-order valence-corrected chi connectivity index (χ1v) is 12.8. The van der Waals surface area contributed by atoms with E-state index in [4.69, 9.17) is 0 Å². The lowest BCUT2D eigenvalue weighted by molar-refractivity contribution is -0.384. The Bertz CT molecular complexity index is 1310. The van der Waals surface area contributed by atoms with Crippen molar-refractivity contribution >= 4 is 35.0 Å². The summed E-state index contributed by atoms with van der Waals surface area (Å²) < 4.78 is 0. The smallest absolute Gasteiger partial charge is 0.269 e. The molecule has 0 bridgehead atoms. The maximum Gasteiger partial charge on any atom is 0.269 e. The summed E-state index contributed by atoms with van der Waals surface area (Å²) in [5.41, 5.74) is 3.54. The van der Waals surface area contributed by atoms with Crippen molar-refractivity contribution in [3.8, 4) is 0 Å². The monoisotopic (exact) mass is 512 g/mol. The van der Waals surface area contributed by atoms with Gasteiger partial charge in [-0.1, -0.05) is 37.3 Å². The molecule has 1 heterocycles. The van der Waals surface area contributed by atoms with E-state index in [0.29, 0.717) is 22.7 Å². The van der Waals surface area contributed by atoms with E-state index in [1.165, 1.54) is 18.2 Å². The quantitative estimate of drug-likeness (QED) is 0.220. The molecule has 1 atom stereocenters. The molecular formula is C30H32N4O4. The Morgan fingerprint density at radius 1 is 1.03 bits per heavy atom. The number of carbonyl (C=O) groups excluding carboxylic acids is 2. The summed E-state index contributed by atoms with van der Waals surface area (Å²) in [5.74, 6) is 0.0853. The van der Waals surface area contributed by atoms with Crippen LogP contribution in [-0.2, 0) is 4.79 Å². The highest BCUT2D eigenvalue weighted by molar-refractivity contribution is 6.05. The fourth-order valence-corrected chi connectivity index (χ4v) is 4.48. The zero-order valence-electron chi connectivity index (χ0n) is 21.6. The summed E-state index contributed by atoms with van der Waals surface area (Å²) in [6, 6.07) is 21.0. The number of nitrogens with one attached hydrogen (secondary N) is 2. The molecule has 3 aromatic carbocycles. The van der Waals surface area contributed by atoms with Crippen LogP contribution in [0.25, 0.3) is 6.08 Å². The number of piperidine rings is 1. The normalized spacial score (nSPS) is 14.7. The van der Waals surface area contributed by atoms with Crippen molar-refractivity contribution in [1.29, 1.82) is 0 Å². The predicted molar refractivity (Wildman–Crippen MR) is 150 cm³/mol. The molecule has 0 saturated carbocycles. The molecular weight excluding hydrogens is 480 g/mol. The van der Waals surface area contributed by atoms with E-state index in [-0.39, 0.29) is 23.5 Å². The molecule has 4 rings (SSSR count). The summed E-state index contributed by atoms with van der Waals surface area (Å²) in [6.07, 6.45) is 5.07. The number of rotatable bonds is 8. The molecule has 1 unspecified atom stereocenters. The van der Waals surface area contributed by atoms with Gasteiger partial charge in [0.2, 0.25) is 5.91 Å². The number of benzene rings is 3. The lowest BCUT2D eigenvalue weighted by Gasteiger charge is -2.33. The third kappa shape index (κ3) is 6.85. The van der Waals surface area contributed by atoms with Crippen LogP contribution in [0.4, 0.5) is 17.1 Å². The largest absolute Gasteiger partial charge is 0.371 e. The number of hydrogen-bond donors (Lipinski definition) is 2. The highest BCUT2D eigenvalue weighted by Crippen LogP contribution is 2.29. The van der Waals surface area contributed by atoms with Crippen LogP contribution in [0.2, 0.25) is 0 Å². The molecule has 0 spiro atoms. The van der Waals surface area contributed by atoms with Crippen molar-refractivity contribution in [3.05, 3.63) is 106 Å². The van der Waals surface area contributed by atoms with Crippen LogP contribution < -0.4 is 15.5 Å². The number of amides is 2. The molecule has 38 heavy (non-hydrogen) atoms. The molecule has 1 fully saturated rings. The van der Waals surface area contributed by atoms with E-state index in [1.807, 2.05) is 49.4 Å². The fraction of sp³-hybridized carbons (Fsp3) is 0.267. The first-order chi connectivity index (χ1) is 18.3. The van der Waals surface area contributed by atoms with Gasteiger partial charge in [0, 0.05) is 42.7 Å². The fourth-order valence-electron chi connectivity index (χ4n) is 4.48. The maximum atomic E-state index is 13.5. The zero-order chi connectivity index (χ0) is 27.1. The Morgan fingerprint density at radius 2 is 1.71 bits per heavy atom. The molecule has 1 aliphatic rings. The molecule has 0 radical (unpaired) electrons. The lowest BCUT2D eigenvalue weighted by atomic mass is 9.97. The van der Waals surface area contributed by atoms with Gasteiger partial charge in [0.15, 0.2) is 0 Å². The van der Waals surface area contributed by atoms with Gasteiger partial charge in [-0.3, -0.25) is 19.7 Å². The topological polar surface area (TPSA) is 105 Å². The minimum atomic E-state index is -0.470. The van der Waals surface area contributed by atoms with Gasteiger partial charge >= 0.3 is 0 Å². The summed E-state index contributed by atoms with van der Waals surface area (Å²) in [4.78, 5) is 38.7. The third-order valence-corrected chi connectivity index (χ3v) is 6.81. The molecule has 2 amide bonds. The van der Waals surface area contributed by atoms with Gasteiger partial charge in [-0.15, -0.1) is 0 Å². The standard InChI is InChI=1S/C30H32N4O4/c1-21-16-18-33(19-17-21)28-14-11-25(20-27(28)30(36)31-22(2)24-6-4-3-5-7-24)32-29(35)15-10-23-8-12-26(13-9-23)34(37)38/h3-15,20-22H,16-19H2,1-2H3,(H,31,36)(H,32,35)/b15-10+. The number of nitro groups is 1. The van der Waals surface area contributed by atoms with E-state index in [2.05, 4.69) is 22.5 Å². The second kappa shape index (κ2) is 12.2. The molecule has 2 N–H and O–H groups in total. The van der Waals surface area contributed by atoms with Gasteiger partial charge in [-0.05, 0) is 73.2 Å². The van der Waals surface area contributed by atoms with Gasteiger partial charge in [-0.2, -0.15) is 0 Å². The van der Waals surface area contributed by atoms with Crippen LogP contribution >= 0.6 is 0 Å². The maximum absolute atomic E-state index is 13.5. The first-order valence-electron chi connectivity index (χ1n) is 12.8. The number of hydrogen-bond acceptors (Lipinski definition) is 5. The van der Waals surface area contributed by atoms with Crippen molar-refractivity contribution in [1.82, 2.24) is 5.32 Å². The Morgan fingerprint density at radius 3 is 2.37 bits per heavy atom. The first kappa shape index (κ1) is 26.6. The Kier molecular flexibility index (Phi) is 8.53. The van der Waals surface area contributed by atoms with Gasteiger partial charge in [0.1, 0.15) is 0 Å². The van der Waals surface area contributed by atoms with Crippen LogP contribution in [0.1, 0.15) is 54.2 Å². The lowest BCUT2D eigenvalue weighted by Crippen LogP contribution is -2.35. The predicted octanol–water partition coefficient (Wildman–Crippen LogP) is 5.97. The van der Waals surface area contributed by atoms with Crippen molar-refractivity contribution in [2.24, 2.45) is 5.92 Å². The number of nitro benzene ring substituents is 1. The van der Waals surface area contributed by atoms with Crippen molar-refractivity contribution in [3.63, 3.8) is 0 Å². The Balaban J connectivity index is 1.52. The molecule has 196 valence electrons. The van der Waals surface area contributed by atoms with E-state index in [1.54, 1.807) is 24.3 Å². The van der Waals surface area contributed by atoms with Crippen LogP contribution in [0.15, 0.2) is 78.9 Å². The average molecular weight is 513 g/mol. The van der Waals surface area contributed by atoms with Crippen molar-refractivity contribution < 1.29 is 14.5 Å². The van der Waals surface area contributed by atoms with Gasteiger partial charge in [0.05, 0.1) is 16.5 Å². The number of carbonyl (C=O) groups is 2. The minimum Gasteiger partial charge on any atom is -0.371 e. The Labute approximate surface area is 222 Å². The van der Waals surface area contributed by atoms with Crippen molar-refractivity contribution in [2.75, 3.05) is 23.3 Å². The molecule has 0 aliphatic carbocycles. The van der Waals surface area contributed by atoms with E-state index in [9.17, 15) is 19.7 Å². The molecule has 8 heteroatoms. The summed E-state index contributed by atoms with van der Waals surface area (Å²) in [6.45, 7) is 5.94. The van der Waals surface area contributed by atoms with E-state index >= 15 is 0 Å². The van der Waals surface area contributed by atoms with Gasteiger partial charge < -0.3 is 15.5 Å². The summed E-state index contributed by atoms with van der Waals surface area (Å²) in [7, 11) is 0. The van der Waals surface area contributed by atoms with E-state index < -0.39 is 4.92 Å². The third-order valence-electron chi connectivity index (χ3n) is 6.81. The van der Waals surface area contributed by atoms with E-state index in [0.717, 1.165) is 37.2 Å². The van der Waals surface area contributed by atoms with Crippen LogP contribution in [0.3, 0.4) is 0 Å². The van der Waals surface area contributed by atoms with Crippen LogP contribution in [-0.4, -0.2) is 29.8 Å². The molecule has 1 saturated heterocycles. The molecule has 8 nitrogen and oxygen atoms in total. The SMILES string of the molecule is CC1CCN(c2ccc(NC(=O)/C=C/c3ccc([N+](=O)[O-])cc3)cc2C(=O)NC(C)c2ccccc2)CC1. The molecule has 3 aromatic rings. The van der Waals surface area contributed by atoms with Crippen molar-refractivity contribution in [2.45, 2.75) is 32.7 Å². The summed E-state index contributed by atoms with van der Waals surface area (Å²) in [5, 5.41) is 16.7. The van der Waals surface area contributed by atoms with Gasteiger partial charge in [0.25, 0.3) is 11.6 Å². The number of non-ortho nitro benzene ring substituents is 1. The average Bonchev–Trinajstić information content (AvgIpc) is 2.93. The van der Waals surface area contributed by atoms with Crippen LogP contribution in [0, 0.1) is 16.0 Å². The second-order valence-electron chi connectivity index (χ2n) is 9.68. The number of nitrogens with zero attached hydrogens (tertiary/aromatic N) is 2. The second-order valence-corrected chi connectivity index (χ2v) is 9.68. The van der Waals surface area contributed by atoms with Gasteiger partial charge in [-0.25, -0.2) is 0 Å². The number of anilines is 2. The summed E-state index contributed by atoms with van der Waals surface area (Å²) >= 11 is 0. The molecule has 1 aliphatic heterocycles. The zero-order valence-corrected chi connectivity index (χ0v) is 21.6. The highest BCUT2D eigenvalue weighted by Gasteiger charge is 2.23.